The first-order valence-electron chi connectivity index (χ1n) is 2.74. The molecule has 0 aromatic carbocycles. The van der Waals surface area contributed by atoms with Crippen molar-refractivity contribution in [3.63, 3.8) is 0 Å². The summed E-state index contributed by atoms with van der Waals surface area (Å²) in [6, 6.07) is 0. The molecule has 1 aliphatic rings. The summed E-state index contributed by atoms with van der Waals surface area (Å²) >= 11 is 0. The summed E-state index contributed by atoms with van der Waals surface area (Å²) in [7, 11) is 0. The number of rotatable bonds is 0. The molecule has 0 radical (unpaired) electrons. The minimum absolute atomic E-state index is 0.301. The SMILES string of the molecule is C=C1CC(C)OC1=C. The average molecular weight is 110 g/mol. The Hall–Kier alpha value is -0.720. The zero-order valence-corrected chi connectivity index (χ0v) is 5.11. The van der Waals surface area contributed by atoms with Crippen molar-refractivity contribution in [2.75, 3.05) is 0 Å². The topological polar surface area (TPSA) is 9.23 Å². The third kappa shape index (κ3) is 0.760. The highest BCUT2D eigenvalue weighted by Crippen LogP contribution is 2.24. The molecule has 0 saturated carbocycles. The second-order valence-electron chi connectivity index (χ2n) is 2.16. The van der Waals surface area contributed by atoms with Gasteiger partial charge in [-0.2, -0.15) is 0 Å². The Morgan fingerprint density at radius 1 is 1.62 bits per heavy atom. The van der Waals surface area contributed by atoms with Crippen molar-refractivity contribution in [2.45, 2.75) is 19.4 Å². The summed E-state index contributed by atoms with van der Waals surface area (Å²) in [5, 5.41) is 0. The first-order chi connectivity index (χ1) is 3.70. The number of ether oxygens (including phenoxy) is 1. The maximum atomic E-state index is 5.18. The van der Waals surface area contributed by atoms with Gasteiger partial charge in [-0.25, -0.2) is 0 Å². The van der Waals surface area contributed by atoms with E-state index in [2.05, 4.69) is 13.2 Å². The first kappa shape index (κ1) is 5.42. The van der Waals surface area contributed by atoms with Gasteiger partial charge in [-0.15, -0.1) is 0 Å². The van der Waals surface area contributed by atoms with Crippen LogP contribution in [0.5, 0.6) is 0 Å². The molecule has 0 spiro atoms. The molecule has 1 unspecified atom stereocenters. The minimum atomic E-state index is 0.301. The van der Waals surface area contributed by atoms with Crippen LogP contribution in [0.15, 0.2) is 24.5 Å². The Kier molecular flexibility index (Phi) is 1.12. The largest absolute Gasteiger partial charge is 0.491 e. The van der Waals surface area contributed by atoms with Crippen molar-refractivity contribution in [1.29, 1.82) is 0 Å². The number of hydrogen-bond donors (Lipinski definition) is 0. The average Bonchev–Trinajstić information content (AvgIpc) is 1.85. The molecule has 1 nitrogen and oxygen atoms in total. The molecule has 0 N–H and O–H groups in total. The van der Waals surface area contributed by atoms with Gasteiger partial charge in [0, 0.05) is 6.42 Å². The monoisotopic (exact) mass is 110 g/mol. The molecule has 1 fully saturated rings. The van der Waals surface area contributed by atoms with E-state index in [1.165, 1.54) is 0 Å². The molecule has 0 bridgehead atoms. The lowest BCUT2D eigenvalue weighted by Crippen LogP contribution is -1.93. The van der Waals surface area contributed by atoms with E-state index in [4.69, 9.17) is 4.74 Å². The Labute approximate surface area is 49.7 Å². The van der Waals surface area contributed by atoms with E-state index >= 15 is 0 Å². The molecule has 1 aliphatic heterocycles. The standard InChI is InChI=1S/C7H10O/c1-5-4-6(2)8-7(5)3/h6H,1,3-4H2,2H3. The summed E-state index contributed by atoms with van der Waals surface area (Å²) in [5.74, 6) is 0.762. The lowest BCUT2D eigenvalue weighted by Gasteiger charge is -1.98. The van der Waals surface area contributed by atoms with E-state index in [-0.39, 0.29) is 0 Å². The third-order valence-corrected chi connectivity index (χ3v) is 1.27. The Morgan fingerprint density at radius 3 is 2.38 bits per heavy atom. The van der Waals surface area contributed by atoms with Crippen LogP contribution in [0.3, 0.4) is 0 Å². The van der Waals surface area contributed by atoms with Crippen LogP contribution in [0, 0.1) is 0 Å². The van der Waals surface area contributed by atoms with Crippen LogP contribution in [-0.4, -0.2) is 6.10 Å². The summed E-state index contributed by atoms with van der Waals surface area (Å²) in [6.07, 6.45) is 1.24. The summed E-state index contributed by atoms with van der Waals surface area (Å²) in [4.78, 5) is 0. The van der Waals surface area contributed by atoms with Gasteiger partial charge < -0.3 is 4.74 Å². The number of allylic oxidation sites excluding steroid dienone is 1. The van der Waals surface area contributed by atoms with E-state index < -0.39 is 0 Å². The fraction of sp³-hybridized carbons (Fsp3) is 0.429. The normalized spacial score (nSPS) is 28.4. The Bertz CT molecular complexity index is 119. The van der Waals surface area contributed by atoms with Gasteiger partial charge in [0.05, 0.1) is 0 Å². The van der Waals surface area contributed by atoms with E-state index in [9.17, 15) is 0 Å². The van der Waals surface area contributed by atoms with Crippen molar-refractivity contribution < 1.29 is 4.74 Å². The lowest BCUT2D eigenvalue weighted by molar-refractivity contribution is 0.179. The molecule has 1 heterocycles. The third-order valence-electron chi connectivity index (χ3n) is 1.27. The molecule has 0 aromatic heterocycles. The zero-order valence-electron chi connectivity index (χ0n) is 5.11. The van der Waals surface area contributed by atoms with E-state index in [1.807, 2.05) is 6.92 Å². The van der Waals surface area contributed by atoms with Crippen LogP contribution < -0.4 is 0 Å². The van der Waals surface area contributed by atoms with Crippen molar-refractivity contribution >= 4 is 0 Å². The van der Waals surface area contributed by atoms with Crippen LogP contribution in [0.25, 0.3) is 0 Å². The van der Waals surface area contributed by atoms with Gasteiger partial charge in [0.15, 0.2) is 0 Å². The summed E-state index contributed by atoms with van der Waals surface area (Å²) in [5.41, 5.74) is 1.04. The fourth-order valence-corrected chi connectivity index (χ4v) is 0.829. The Balaban J connectivity index is 2.64. The van der Waals surface area contributed by atoms with Crippen LogP contribution >= 0.6 is 0 Å². The van der Waals surface area contributed by atoms with E-state index in [0.29, 0.717) is 6.10 Å². The minimum Gasteiger partial charge on any atom is -0.491 e. The summed E-state index contributed by atoms with van der Waals surface area (Å²) < 4.78 is 5.18. The molecule has 1 rings (SSSR count). The smallest absolute Gasteiger partial charge is 0.115 e. The molecule has 8 heavy (non-hydrogen) atoms. The van der Waals surface area contributed by atoms with Crippen LogP contribution in [0.4, 0.5) is 0 Å². The van der Waals surface area contributed by atoms with Crippen molar-refractivity contribution in [3.8, 4) is 0 Å². The van der Waals surface area contributed by atoms with Crippen LogP contribution in [0.1, 0.15) is 13.3 Å². The highest BCUT2D eigenvalue weighted by molar-refractivity contribution is 5.24. The van der Waals surface area contributed by atoms with Crippen molar-refractivity contribution in [2.24, 2.45) is 0 Å². The van der Waals surface area contributed by atoms with Crippen LogP contribution in [0.2, 0.25) is 0 Å². The molecular weight excluding hydrogens is 100 g/mol. The predicted molar refractivity (Wildman–Crippen MR) is 33.4 cm³/mol. The van der Waals surface area contributed by atoms with Gasteiger partial charge >= 0.3 is 0 Å². The molecule has 0 amide bonds. The highest BCUT2D eigenvalue weighted by Gasteiger charge is 2.17. The van der Waals surface area contributed by atoms with Gasteiger partial charge in [0.1, 0.15) is 11.9 Å². The van der Waals surface area contributed by atoms with Gasteiger partial charge in [-0.1, -0.05) is 13.2 Å². The molecule has 0 aromatic rings. The predicted octanol–water partition coefficient (Wildman–Crippen LogP) is 1.87. The molecule has 0 aliphatic carbocycles. The van der Waals surface area contributed by atoms with Crippen molar-refractivity contribution in [3.05, 3.63) is 24.5 Å². The number of hydrogen-bond acceptors (Lipinski definition) is 1. The first-order valence-corrected chi connectivity index (χ1v) is 2.74. The maximum Gasteiger partial charge on any atom is 0.115 e. The second kappa shape index (κ2) is 1.66. The molecule has 1 atom stereocenters. The van der Waals surface area contributed by atoms with Gasteiger partial charge in [-0.05, 0) is 12.5 Å². The van der Waals surface area contributed by atoms with Crippen molar-refractivity contribution in [1.82, 2.24) is 0 Å². The van der Waals surface area contributed by atoms with E-state index in [1.54, 1.807) is 0 Å². The lowest BCUT2D eigenvalue weighted by atomic mass is 10.2. The fourth-order valence-electron chi connectivity index (χ4n) is 0.829. The highest BCUT2D eigenvalue weighted by atomic mass is 16.5. The van der Waals surface area contributed by atoms with Crippen LogP contribution in [-0.2, 0) is 4.74 Å². The molecule has 1 saturated heterocycles. The Morgan fingerprint density at radius 2 is 2.25 bits per heavy atom. The second-order valence-corrected chi connectivity index (χ2v) is 2.16. The van der Waals surface area contributed by atoms with Gasteiger partial charge in [0.2, 0.25) is 0 Å². The maximum absolute atomic E-state index is 5.18. The quantitative estimate of drug-likeness (QED) is 0.462. The molecule has 1 heteroatoms. The van der Waals surface area contributed by atoms with Gasteiger partial charge in [0.25, 0.3) is 0 Å². The zero-order chi connectivity index (χ0) is 6.15. The molecule has 44 valence electrons. The van der Waals surface area contributed by atoms with Gasteiger partial charge in [-0.3, -0.25) is 0 Å². The summed E-state index contributed by atoms with van der Waals surface area (Å²) in [6.45, 7) is 9.44. The molecular formula is C7H10O. The van der Waals surface area contributed by atoms with E-state index in [0.717, 1.165) is 17.8 Å².